The summed E-state index contributed by atoms with van der Waals surface area (Å²) in [6, 6.07) is 12.7. The highest BCUT2D eigenvalue weighted by atomic mass is 16.5. The van der Waals surface area contributed by atoms with Crippen LogP contribution in [-0.4, -0.2) is 19.2 Å². The molecule has 2 aromatic carbocycles. The Kier molecular flexibility index (Phi) is 3.89. The van der Waals surface area contributed by atoms with E-state index in [0.717, 1.165) is 28.0 Å². The van der Waals surface area contributed by atoms with Crippen LogP contribution in [0.2, 0.25) is 0 Å². The van der Waals surface area contributed by atoms with Crippen LogP contribution < -0.4 is 14.9 Å². The van der Waals surface area contributed by atoms with E-state index in [2.05, 4.69) is 11.6 Å². The van der Waals surface area contributed by atoms with Crippen LogP contribution in [0.5, 0.6) is 11.5 Å². The van der Waals surface area contributed by atoms with Crippen LogP contribution >= 0.6 is 0 Å². The number of fused-ring (bicyclic) bond motifs is 1. The molecule has 0 saturated carbocycles. The summed E-state index contributed by atoms with van der Waals surface area (Å²) in [5.41, 5.74) is 3.24. The van der Waals surface area contributed by atoms with E-state index in [9.17, 15) is 4.79 Å². The Labute approximate surface area is 134 Å². The fraction of sp³-hybridized carbons (Fsp3) is 0.105. The van der Waals surface area contributed by atoms with Gasteiger partial charge in [0, 0.05) is 28.7 Å². The highest BCUT2D eigenvalue weighted by Gasteiger charge is 2.11. The predicted molar refractivity (Wildman–Crippen MR) is 92.3 cm³/mol. The van der Waals surface area contributed by atoms with Crippen molar-refractivity contribution in [1.82, 2.24) is 4.98 Å². The first kappa shape index (κ1) is 14.9. The minimum atomic E-state index is -0.0222. The molecule has 0 aliphatic heterocycles. The van der Waals surface area contributed by atoms with Gasteiger partial charge in [0.1, 0.15) is 11.5 Å². The summed E-state index contributed by atoms with van der Waals surface area (Å²) in [7, 11) is 3.23. The summed E-state index contributed by atoms with van der Waals surface area (Å²) in [6.45, 7) is 4.17. The normalized spacial score (nSPS) is 10.5. The molecule has 0 radical (unpaired) electrons. The third-order valence-electron chi connectivity index (χ3n) is 3.84. The Balaban J connectivity index is 2.13. The minimum absolute atomic E-state index is 0.0222. The number of hydrogen-bond donors (Lipinski definition) is 1. The molecule has 0 fully saturated rings. The van der Waals surface area contributed by atoms with Gasteiger partial charge in [0.15, 0.2) is 5.43 Å². The fourth-order valence-electron chi connectivity index (χ4n) is 2.56. The summed E-state index contributed by atoms with van der Waals surface area (Å²) >= 11 is 0. The van der Waals surface area contributed by atoms with E-state index in [1.165, 1.54) is 6.07 Å². The number of rotatable bonds is 4. The van der Waals surface area contributed by atoms with E-state index in [1.807, 2.05) is 36.4 Å². The molecule has 116 valence electrons. The zero-order valence-corrected chi connectivity index (χ0v) is 13.1. The van der Waals surface area contributed by atoms with E-state index in [-0.39, 0.29) is 5.43 Å². The first-order chi connectivity index (χ1) is 11.1. The smallest absolute Gasteiger partial charge is 0.189 e. The van der Waals surface area contributed by atoms with Crippen LogP contribution in [0.25, 0.3) is 16.5 Å². The van der Waals surface area contributed by atoms with Crippen LogP contribution in [0.1, 0.15) is 11.1 Å². The van der Waals surface area contributed by atoms with E-state index >= 15 is 0 Å². The zero-order chi connectivity index (χ0) is 16.4. The quantitative estimate of drug-likeness (QED) is 0.801. The van der Waals surface area contributed by atoms with Crippen molar-refractivity contribution in [2.45, 2.75) is 0 Å². The third kappa shape index (κ3) is 2.71. The maximum atomic E-state index is 12.0. The molecular formula is C19H17NO3. The molecule has 1 heterocycles. The van der Waals surface area contributed by atoms with E-state index in [1.54, 1.807) is 20.4 Å². The molecule has 1 N–H and O–H groups in total. The minimum Gasteiger partial charge on any atom is -0.497 e. The number of H-pyrrole nitrogens is 1. The van der Waals surface area contributed by atoms with Gasteiger partial charge in [0.25, 0.3) is 0 Å². The van der Waals surface area contributed by atoms with Gasteiger partial charge in [-0.3, -0.25) is 4.79 Å². The van der Waals surface area contributed by atoms with Crippen molar-refractivity contribution in [3.8, 4) is 11.5 Å². The van der Waals surface area contributed by atoms with Crippen LogP contribution in [0, 0.1) is 0 Å². The van der Waals surface area contributed by atoms with Crippen molar-refractivity contribution in [2.75, 3.05) is 14.2 Å². The lowest BCUT2D eigenvalue weighted by Gasteiger charge is -2.13. The molecule has 3 rings (SSSR count). The SMILES string of the molecule is C=C(c1ccc2[nH]ccc(=O)c2c1)c1cc(OC)ccc1OC. The molecule has 0 aliphatic carbocycles. The van der Waals surface area contributed by atoms with Crippen molar-refractivity contribution < 1.29 is 9.47 Å². The molecule has 0 unspecified atom stereocenters. The van der Waals surface area contributed by atoms with Crippen molar-refractivity contribution in [1.29, 1.82) is 0 Å². The Morgan fingerprint density at radius 3 is 2.61 bits per heavy atom. The lowest BCUT2D eigenvalue weighted by molar-refractivity contribution is 0.402. The second kappa shape index (κ2) is 6.01. The van der Waals surface area contributed by atoms with E-state index in [0.29, 0.717) is 11.1 Å². The fourth-order valence-corrected chi connectivity index (χ4v) is 2.56. The van der Waals surface area contributed by atoms with Gasteiger partial charge in [0.05, 0.1) is 14.2 Å². The number of aromatic nitrogens is 1. The van der Waals surface area contributed by atoms with Gasteiger partial charge in [-0.25, -0.2) is 0 Å². The number of pyridine rings is 1. The molecule has 0 aliphatic rings. The summed E-state index contributed by atoms with van der Waals surface area (Å²) < 4.78 is 10.7. The summed E-state index contributed by atoms with van der Waals surface area (Å²) in [5, 5.41) is 0.632. The maximum absolute atomic E-state index is 12.0. The molecular weight excluding hydrogens is 290 g/mol. The topological polar surface area (TPSA) is 51.3 Å². The number of nitrogens with one attached hydrogen (secondary N) is 1. The molecule has 0 atom stereocenters. The highest BCUT2D eigenvalue weighted by molar-refractivity contribution is 5.88. The second-order valence-corrected chi connectivity index (χ2v) is 5.15. The van der Waals surface area contributed by atoms with Gasteiger partial charge >= 0.3 is 0 Å². The van der Waals surface area contributed by atoms with Gasteiger partial charge in [0.2, 0.25) is 0 Å². The van der Waals surface area contributed by atoms with Crippen LogP contribution in [0.3, 0.4) is 0 Å². The number of ether oxygens (including phenoxy) is 2. The number of aromatic amines is 1. The number of benzene rings is 2. The van der Waals surface area contributed by atoms with Crippen LogP contribution in [-0.2, 0) is 0 Å². The average molecular weight is 307 g/mol. The molecule has 4 heteroatoms. The average Bonchev–Trinajstić information content (AvgIpc) is 2.60. The molecule has 0 bridgehead atoms. The van der Waals surface area contributed by atoms with Crippen LogP contribution in [0.4, 0.5) is 0 Å². The van der Waals surface area contributed by atoms with Crippen molar-refractivity contribution in [3.63, 3.8) is 0 Å². The summed E-state index contributed by atoms with van der Waals surface area (Å²) in [6.07, 6.45) is 1.64. The van der Waals surface area contributed by atoms with E-state index < -0.39 is 0 Å². The molecule has 0 saturated heterocycles. The standard InChI is InChI=1S/C19H17NO3/c1-12(15-11-14(22-2)5-7-19(15)23-3)13-4-6-17-16(10-13)18(21)8-9-20-17/h4-11H,1H2,2-3H3,(H,20,21). The van der Waals surface area contributed by atoms with Gasteiger partial charge < -0.3 is 14.5 Å². The van der Waals surface area contributed by atoms with Crippen LogP contribution in [0.15, 0.2) is 60.0 Å². The molecule has 1 aromatic heterocycles. The molecule has 0 spiro atoms. The molecule has 4 nitrogen and oxygen atoms in total. The van der Waals surface area contributed by atoms with Crippen molar-refractivity contribution >= 4 is 16.5 Å². The number of hydrogen-bond acceptors (Lipinski definition) is 3. The lowest BCUT2D eigenvalue weighted by atomic mass is 9.97. The lowest BCUT2D eigenvalue weighted by Crippen LogP contribution is -2.01. The Hall–Kier alpha value is -3.01. The summed E-state index contributed by atoms with van der Waals surface area (Å²) in [4.78, 5) is 15.1. The van der Waals surface area contributed by atoms with Gasteiger partial charge in [-0.05, 0) is 41.5 Å². The zero-order valence-electron chi connectivity index (χ0n) is 13.1. The number of methoxy groups -OCH3 is 2. The van der Waals surface area contributed by atoms with Crippen molar-refractivity contribution in [2.24, 2.45) is 0 Å². The Morgan fingerprint density at radius 2 is 1.87 bits per heavy atom. The highest BCUT2D eigenvalue weighted by Crippen LogP contribution is 2.33. The first-order valence-electron chi connectivity index (χ1n) is 7.17. The molecule has 23 heavy (non-hydrogen) atoms. The second-order valence-electron chi connectivity index (χ2n) is 5.15. The molecule has 3 aromatic rings. The Bertz CT molecular complexity index is 941. The predicted octanol–water partition coefficient (Wildman–Crippen LogP) is 3.61. The van der Waals surface area contributed by atoms with Gasteiger partial charge in [-0.15, -0.1) is 0 Å². The Morgan fingerprint density at radius 1 is 1.04 bits per heavy atom. The van der Waals surface area contributed by atoms with E-state index in [4.69, 9.17) is 9.47 Å². The van der Waals surface area contributed by atoms with Gasteiger partial charge in [-0.2, -0.15) is 0 Å². The van der Waals surface area contributed by atoms with Gasteiger partial charge in [-0.1, -0.05) is 12.6 Å². The largest absolute Gasteiger partial charge is 0.497 e. The molecule has 0 amide bonds. The summed E-state index contributed by atoms with van der Waals surface area (Å²) in [5.74, 6) is 1.43. The van der Waals surface area contributed by atoms with Crippen molar-refractivity contribution in [3.05, 3.63) is 76.6 Å². The monoisotopic (exact) mass is 307 g/mol. The first-order valence-corrected chi connectivity index (χ1v) is 7.17. The maximum Gasteiger partial charge on any atom is 0.189 e. The third-order valence-corrected chi connectivity index (χ3v) is 3.84.